The van der Waals surface area contributed by atoms with Crippen LogP contribution in [0.4, 0.5) is 0 Å². The molecule has 1 aliphatic heterocycles. The van der Waals surface area contributed by atoms with Gasteiger partial charge in [-0.25, -0.2) is 0 Å². The summed E-state index contributed by atoms with van der Waals surface area (Å²) in [6.45, 7) is 0. The summed E-state index contributed by atoms with van der Waals surface area (Å²) in [6.07, 6.45) is -0.0282. The summed E-state index contributed by atoms with van der Waals surface area (Å²) in [4.78, 5) is 25.6. The van der Waals surface area contributed by atoms with Gasteiger partial charge in [-0.3, -0.25) is 9.59 Å². The van der Waals surface area contributed by atoms with Crippen LogP contribution in [0.25, 0.3) is 22.3 Å². The maximum atomic E-state index is 13.1. The number of ether oxygens (including phenoxy) is 4. The molecule has 1 unspecified atom stereocenters. The van der Waals surface area contributed by atoms with Crippen molar-refractivity contribution in [1.82, 2.24) is 0 Å². The Bertz CT molecular complexity index is 1570. The lowest BCUT2D eigenvalue weighted by Crippen LogP contribution is -2.22. The van der Waals surface area contributed by atoms with Gasteiger partial charge < -0.3 is 33.6 Å². The molecule has 0 spiro atoms. The summed E-state index contributed by atoms with van der Waals surface area (Å²) in [5.74, 6) is -0.0768. The zero-order chi connectivity index (χ0) is 25.6. The molecule has 1 aliphatic rings. The second-order valence-electron chi connectivity index (χ2n) is 8.22. The molecule has 4 aromatic rings. The van der Waals surface area contributed by atoms with Crippen molar-refractivity contribution in [2.75, 3.05) is 21.3 Å². The standard InChI is InChI=1S/C27H22O9/c1-32-19-6-5-14(8-16(19)28)21-11-17(29)26-18(30)12-23-25(27(26)36-21)15(10-24(31)35-23)13-4-7-20(33-2)22(9-13)34-3/h4-9,11-12,15,28,30H,10H2,1-3H3. The predicted molar refractivity (Wildman–Crippen MR) is 129 cm³/mol. The Labute approximate surface area is 205 Å². The van der Waals surface area contributed by atoms with E-state index in [2.05, 4.69) is 0 Å². The summed E-state index contributed by atoms with van der Waals surface area (Å²) < 4.78 is 27.4. The molecule has 0 amide bonds. The molecule has 9 nitrogen and oxygen atoms in total. The molecular formula is C27H22O9. The number of hydrogen-bond donors (Lipinski definition) is 2. The fourth-order valence-electron chi connectivity index (χ4n) is 4.50. The number of esters is 1. The van der Waals surface area contributed by atoms with Gasteiger partial charge in [-0.05, 0) is 35.9 Å². The molecule has 2 N–H and O–H groups in total. The summed E-state index contributed by atoms with van der Waals surface area (Å²) >= 11 is 0. The lowest BCUT2D eigenvalue weighted by atomic mass is 9.85. The molecule has 0 radical (unpaired) electrons. The van der Waals surface area contributed by atoms with E-state index in [-0.39, 0.29) is 46.1 Å². The number of carbonyl (C=O) groups excluding carboxylic acids is 1. The van der Waals surface area contributed by atoms with Crippen LogP contribution >= 0.6 is 0 Å². The first-order chi connectivity index (χ1) is 17.3. The highest BCUT2D eigenvalue weighted by Gasteiger charge is 2.34. The number of carbonyl (C=O) groups is 1. The van der Waals surface area contributed by atoms with Gasteiger partial charge in [-0.15, -0.1) is 0 Å². The Hall–Kier alpha value is -4.66. The van der Waals surface area contributed by atoms with E-state index in [1.165, 1.54) is 39.5 Å². The average molecular weight is 490 g/mol. The SMILES string of the molecule is COc1ccc(-c2cc(=O)c3c(O)cc4c(c3o2)C(c2ccc(OC)c(OC)c2)CC(=O)O4)cc1O. The Morgan fingerprint density at radius 1 is 0.833 bits per heavy atom. The molecule has 3 aromatic carbocycles. The monoisotopic (exact) mass is 490 g/mol. The molecule has 0 saturated heterocycles. The zero-order valence-electron chi connectivity index (χ0n) is 19.7. The maximum Gasteiger partial charge on any atom is 0.312 e. The molecule has 2 heterocycles. The molecular weight excluding hydrogens is 468 g/mol. The molecule has 9 heteroatoms. The minimum absolute atomic E-state index is 0.0282. The Kier molecular flexibility index (Phi) is 5.68. The molecule has 5 rings (SSSR count). The number of benzene rings is 3. The number of phenols is 2. The van der Waals surface area contributed by atoms with Crippen molar-refractivity contribution in [2.45, 2.75) is 12.3 Å². The number of aromatic hydroxyl groups is 2. The van der Waals surface area contributed by atoms with Crippen molar-refractivity contribution in [3.8, 4) is 45.8 Å². The van der Waals surface area contributed by atoms with Gasteiger partial charge in [0.15, 0.2) is 28.4 Å². The lowest BCUT2D eigenvalue weighted by Gasteiger charge is -2.26. The van der Waals surface area contributed by atoms with Crippen molar-refractivity contribution in [2.24, 2.45) is 0 Å². The third-order valence-electron chi connectivity index (χ3n) is 6.20. The average Bonchev–Trinajstić information content (AvgIpc) is 2.87. The maximum absolute atomic E-state index is 13.1. The Morgan fingerprint density at radius 3 is 2.25 bits per heavy atom. The van der Waals surface area contributed by atoms with Gasteiger partial charge in [0.1, 0.15) is 28.2 Å². The second-order valence-corrected chi connectivity index (χ2v) is 8.22. The molecule has 0 saturated carbocycles. The van der Waals surface area contributed by atoms with Crippen LogP contribution in [-0.2, 0) is 4.79 Å². The highest BCUT2D eigenvalue weighted by atomic mass is 16.5. The van der Waals surface area contributed by atoms with Crippen LogP contribution in [0.5, 0.6) is 34.5 Å². The number of fused-ring (bicyclic) bond motifs is 3. The van der Waals surface area contributed by atoms with E-state index in [9.17, 15) is 19.8 Å². The quantitative estimate of drug-likeness (QED) is 0.310. The molecule has 1 atom stereocenters. The summed E-state index contributed by atoms with van der Waals surface area (Å²) in [5, 5.41) is 20.8. The molecule has 0 aliphatic carbocycles. The minimum Gasteiger partial charge on any atom is -0.507 e. The highest BCUT2D eigenvalue weighted by Crippen LogP contribution is 2.47. The summed E-state index contributed by atoms with van der Waals surface area (Å²) in [5.41, 5.74) is 1.14. The van der Waals surface area contributed by atoms with Gasteiger partial charge in [0, 0.05) is 29.2 Å². The molecule has 0 fully saturated rings. The number of hydrogen-bond acceptors (Lipinski definition) is 9. The van der Waals surface area contributed by atoms with Crippen LogP contribution in [-0.4, -0.2) is 37.5 Å². The van der Waals surface area contributed by atoms with Crippen molar-refractivity contribution >= 4 is 16.9 Å². The van der Waals surface area contributed by atoms with E-state index in [4.69, 9.17) is 23.4 Å². The van der Waals surface area contributed by atoms with Crippen molar-refractivity contribution < 1.29 is 38.4 Å². The van der Waals surface area contributed by atoms with Gasteiger partial charge in [-0.2, -0.15) is 0 Å². The van der Waals surface area contributed by atoms with Crippen LogP contribution in [0, 0.1) is 0 Å². The van der Waals surface area contributed by atoms with Crippen molar-refractivity contribution in [3.05, 3.63) is 69.9 Å². The van der Waals surface area contributed by atoms with E-state index < -0.39 is 17.3 Å². The minimum atomic E-state index is -0.563. The number of methoxy groups -OCH3 is 3. The third-order valence-corrected chi connectivity index (χ3v) is 6.20. The Morgan fingerprint density at radius 2 is 1.56 bits per heavy atom. The molecule has 1 aromatic heterocycles. The summed E-state index contributed by atoms with van der Waals surface area (Å²) in [7, 11) is 4.46. The van der Waals surface area contributed by atoms with Crippen LogP contribution < -0.4 is 24.4 Å². The van der Waals surface area contributed by atoms with E-state index in [0.717, 1.165) is 0 Å². The molecule has 36 heavy (non-hydrogen) atoms. The van der Waals surface area contributed by atoms with E-state index in [1.54, 1.807) is 30.3 Å². The van der Waals surface area contributed by atoms with E-state index in [1.807, 2.05) is 0 Å². The number of rotatable bonds is 5. The number of phenolic OH excluding ortho intramolecular Hbond substituents is 2. The van der Waals surface area contributed by atoms with Gasteiger partial charge >= 0.3 is 5.97 Å². The van der Waals surface area contributed by atoms with Crippen LogP contribution in [0.3, 0.4) is 0 Å². The zero-order valence-corrected chi connectivity index (χ0v) is 19.7. The first kappa shape index (κ1) is 23.1. The van der Waals surface area contributed by atoms with Crippen LogP contribution in [0.1, 0.15) is 23.5 Å². The van der Waals surface area contributed by atoms with Gasteiger partial charge in [-0.1, -0.05) is 6.07 Å². The largest absolute Gasteiger partial charge is 0.507 e. The molecule has 184 valence electrons. The normalized spacial score (nSPS) is 14.8. The van der Waals surface area contributed by atoms with Crippen molar-refractivity contribution in [1.29, 1.82) is 0 Å². The fourth-order valence-corrected chi connectivity index (χ4v) is 4.50. The predicted octanol–water partition coefficient (Wildman–Crippen LogP) is 4.34. The fraction of sp³-hybridized carbons (Fsp3) is 0.185. The first-order valence-corrected chi connectivity index (χ1v) is 11.0. The van der Waals surface area contributed by atoms with Gasteiger partial charge in [0.2, 0.25) is 0 Å². The van der Waals surface area contributed by atoms with Crippen LogP contribution in [0.15, 0.2) is 57.7 Å². The smallest absolute Gasteiger partial charge is 0.312 e. The van der Waals surface area contributed by atoms with Crippen LogP contribution in [0.2, 0.25) is 0 Å². The highest BCUT2D eigenvalue weighted by molar-refractivity contribution is 5.93. The van der Waals surface area contributed by atoms with E-state index >= 15 is 0 Å². The third kappa shape index (κ3) is 3.74. The topological polar surface area (TPSA) is 125 Å². The van der Waals surface area contributed by atoms with Crippen molar-refractivity contribution in [3.63, 3.8) is 0 Å². The lowest BCUT2D eigenvalue weighted by molar-refractivity contribution is -0.135. The van der Waals surface area contributed by atoms with Gasteiger partial charge in [0.05, 0.1) is 27.8 Å². The second kappa shape index (κ2) is 8.84. The Balaban J connectivity index is 1.77. The first-order valence-electron chi connectivity index (χ1n) is 11.0. The van der Waals surface area contributed by atoms with Gasteiger partial charge in [0.25, 0.3) is 0 Å². The van der Waals surface area contributed by atoms with E-state index in [0.29, 0.717) is 28.2 Å². The molecule has 0 bridgehead atoms. The summed E-state index contributed by atoms with van der Waals surface area (Å²) in [6, 6.07) is 12.3.